The number of rotatable bonds is 8. The van der Waals surface area contributed by atoms with Crippen LogP contribution in [0.25, 0.3) is 10.2 Å². The van der Waals surface area contributed by atoms with Crippen LogP contribution in [-0.2, 0) is 24.1 Å². The molecule has 1 aromatic carbocycles. The van der Waals surface area contributed by atoms with Crippen LogP contribution in [0, 0.1) is 12.8 Å². The first-order valence-corrected chi connectivity index (χ1v) is 12.7. The molecule has 170 valence electrons. The number of hydrogen-bond acceptors (Lipinski definition) is 7. The van der Waals surface area contributed by atoms with Crippen molar-refractivity contribution in [1.29, 1.82) is 0 Å². The van der Waals surface area contributed by atoms with Gasteiger partial charge in [-0.05, 0) is 61.8 Å². The Morgan fingerprint density at radius 1 is 1.25 bits per heavy atom. The molecule has 1 amide bonds. The van der Waals surface area contributed by atoms with E-state index in [0.29, 0.717) is 23.8 Å². The predicted molar refractivity (Wildman–Crippen MR) is 130 cm³/mol. The van der Waals surface area contributed by atoms with Crippen molar-refractivity contribution in [2.75, 3.05) is 26.5 Å². The normalized spacial score (nSPS) is 15.4. The Morgan fingerprint density at radius 2 is 2.06 bits per heavy atom. The van der Waals surface area contributed by atoms with Crippen LogP contribution in [0.3, 0.4) is 0 Å². The third-order valence-electron chi connectivity index (χ3n) is 5.76. The molecule has 0 fully saturated rings. The molecule has 0 unspecified atom stereocenters. The van der Waals surface area contributed by atoms with Crippen LogP contribution < -0.4 is 14.8 Å². The second-order valence-electron chi connectivity index (χ2n) is 8.19. The van der Waals surface area contributed by atoms with Crippen LogP contribution in [0.2, 0.25) is 0 Å². The van der Waals surface area contributed by atoms with E-state index in [1.54, 1.807) is 25.6 Å². The van der Waals surface area contributed by atoms with E-state index < -0.39 is 0 Å². The Kier molecular flexibility index (Phi) is 7.20. The van der Waals surface area contributed by atoms with Gasteiger partial charge in [-0.1, -0.05) is 24.8 Å². The second kappa shape index (κ2) is 10.1. The van der Waals surface area contributed by atoms with Gasteiger partial charge in [0.1, 0.15) is 15.7 Å². The highest BCUT2D eigenvalue weighted by Crippen LogP contribution is 2.40. The van der Waals surface area contributed by atoms with Gasteiger partial charge in [0.25, 0.3) is 0 Å². The number of thioether (sulfide) groups is 1. The summed E-state index contributed by atoms with van der Waals surface area (Å²) >= 11 is 3.31. The van der Waals surface area contributed by atoms with Crippen molar-refractivity contribution < 1.29 is 14.3 Å². The lowest BCUT2D eigenvalue weighted by Gasteiger charge is -2.18. The molecular formula is C24H29N3O3S2. The van der Waals surface area contributed by atoms with Gasteiger partial charge in [-0.15, -0.1) is 11.3 Å². The van der Waals surface area contributed by atoms with Crippen LogP contribution in [-0.4, -0.2) is 42.4 Å². The van der Waals surface area contributed by atoms with E-state index in [0.717, 1.165) is 46.4 Å². The maximum atomic E-state index is 12.5. The molecule has 2 heterocycles. The van der Waals surface area contributed by atoms with Crippen molar-refractivity contribution in [2.45, 2.75) is 44.6 Å². The number of methoxy groups -OCH3 is 2. The fourth-order valence-corrected chi connectivity index (χ4v) is 6.51. The minimum Gasteiger partial charge on any atom is -0.493 e. The highest BCUT2D eigenvalue weighted by Gasteiger charge is 2.24. The lowest BCUT2D eigenvalue weighted by atomic mass is 9.89. The maximum Gasteiger partial charge on any atom is 0.230 e. The van der Waals surface area contributed by atoms with Crippen molar-refractivity contribution in [2.24, 2.45) is 5.92 Å². The molecule has 1 aliphatic carbocycles. The van der Waals surface area contributed by atoms with Gasteiger partial charge in [0.15, 0.2) is 11.5 Å². The molecule has 0 aliphatic heterocycles. The van der Waals surface area contributed by atoms with E-state index in [1.165, 1.54) is 34.0 Å². The molecule has 2 aromatic heterocycles. The summed E-state index contributed by atoms with van der Waals surface area (Å²) in [5, 5.41) is 5.13. The van der Waals surface area contributed by atoms with Gasteiger partial charge < -0.3 is 14.8 Å². The van der Waals surface area contributed by atoms with Crippen LogP contribution in [0.5, 0.6) is 11.5 Å². The summed E-state index contributed by atoms with van der Waals surface area (Å²) < 4.78 is 10.6. The van der Waals surface area contributed by atoms with Crippen molar-refractivity contribution in [1.82, 2.24) is 15.3 Å². The Hall–Kier alpha value is -2.32. The van der Waals surface area contributed by atoms with Crippen LogP contribution >= 0.6 is 23.1 Å². The summed E-state index contributed by atoms with van der Waals surface area (Å²) in [6.45, 7) is 4.80. The first-order valence-electron chi connectivity index (χ1n) is 10.9. The molecule has 3 aromatic rings. The van der Waals surface area contributed by atoms with E-state index in [1.807, 2.05) is 25.1 Å². The third kappa shape index (κ3) is 5.02. The smallest absolute Gasteiger partial charge is 0.230 e. The van der Waals surface area contributed by atoms with Gasteiger partial charge in [-0.2, -0.15) is 0 Å². The SMILES string of the molecule is COc1ccc(CCNC(=O)CSc2nc(C)nc3sc4c(c23)CC[C@H](C)C4)cc1OC. The van der Waals surface area contributed by atoms with E-state index in [-0.39, 0.29) is 5.91 Å². The zero-order chi connectivity index (χ0) is 22.7. The average Bonchev–Trinajstić information content (AvgIpc) is 3.14. The summed E-state index contributed by atoms with van der Waals surface area (Å²) in [6.07, 6.45) is 4.13. The highest BCUT2D eigenvalue weighted by molar-refractivity contribution is 8.00. The standard InChI is InChI=1S/C24H29N3O3S2/c1-14-5-7-17-20(11-14)32-24-22(17)23(26-15(2)27-24)31-13-21(28)25-10-9-16-6-8-18(29-3)19(12-16)30-4/h6,8,12,14H,5,7,9-11,13H2,1-4H3,(H,25,28)/t14-/m0/s1. The van der Waals surface area contributed by atoms with Gasteiger partial charge in [0.2, 0.25) is 5.91 Å². The number of amides is 1. The lowest BCUT2D eigenvalue weighted by molar-refractivity contribution is -0.118. The Labute approximate surface area is 197 Å². The molecular weight excluding hydrogens is 442 g/mol. The number of ether oxygens (including phenoxy) is 2. The number of aryl methyl sites for hydroxylation is 2. The number of fused-ring (bicyclic) bond motifs is 3. The van der Waals surface area contributed by atoms with Crippen LogP contribution in [0.15, 0.2) is 23.2 Å². The van der Waals surface area contributed by atoms with Gasteiger partial charge in [-0.3, -0.25) is 4.79 Å². The summed E-state index contributed by atoms with van der Waals surface area (Å²) in [6, 6.07) is 5.82. The molecule has 1 aliphatic rings. The molecule has 0 saturated heterocycles. The minimum atomic E-state index is 0.0117. The first kappa shape index (κ1) is 22.9. The van der Waals surface area contributed by atoms with Crippen LogP contribution in [0.1, 0.15) is 35.2 Å². The van der Waals surface area contributed by atoms with Crippen molar-refractivity contribution in [3.63, 3.8) is 0 Å². The molecule has 0 saturated carbocycles. The lowest BCUT2D eigenvalue weighted by Crippen LogP contribution is -2.27. The number of hydrogen-bond donors (Lipinski definition) is 1. The fraction of sp³-hybridized carbons (Fsp3) is 0.458. The van der Waals surface area contributed by atoms with Gasteiger partial charge >= 0.3 is 0 Å². The molecule has 32 heavy (non-hydrogen) atoms. The number of nitrogens with one attached hydrogen (secondary N) is 1. The van der Waals surface area contributed by atoms with E-state index in [4.69, 9.17) is 9.47 Å². The third-order valence-corrected chi connectivity index (χ3v) is 7.88. The van der Waals surface area contributed by atoms with E-state index in [2.05, 4.69) is 22.2 Å². The maximum absolute atomic E-state index is 12.5. The quantitative estimate of drug-likeness (QED) is 0.383. The largest absolute Gasteiger partial charge is 0.493 e. The number of carbonyl (C=O) groups is 1. The van der Waals surface area contributed by atoms with Gasteiger partial charge in [-0.25, -0.2) is 9.97 Å². The van der Waals surface area contributed by atoms with E-state index in [9.17, 15) is 4.79 Å². The zero-order valence-corrected chi connectivity index (χ0v) is 20.6. The minimum absolute atomic E-state index is 0.0117. The number of nitrogens with zero attached hydrogens (tertiary/aromatic N) is 2. The predicted octanol–water partition coefficient (Wildman–Crippen LogP) is 4.59. The van der Waals surface area contributed by atoms with Crippen LogP contribution in [0.4, 0.5) is 0 Å². The number of carbonyl (C=O) groups excluding carboxylic acids is 1. The summed E-state index contributed by atoms with van der Waals surface area (Å²) in [7, 11) is 3.24. The molecule has 8 heteroatoms. The Balaban J connectivity index is 1.37. The Morgan fingerprint density at radius 3 is 2.84 bits per heavy atom. The summed E-state index contributed by atoms with van der Waals surface area (Å²) in [4.78, 5) is 24.4. The molecule has 4 rings (SSSR count). The summed E-state index contributed by atoms with van der Waals surface area (Å²) in [5.74, 6) is 3.24. The molecule has 6 nitrogen and oxygen atoms in total. The van der Waals surface area contributed by atoms with Crippen molar-refractivity contribution in [3.8, 4) is 11.5 Å². The van der Waals surface area contributed by atoms with Gasteiger partial charge in [0, 0.05) is 16.8 Å². The van der Waals surface area contributed by atoms with Crippen molar-refractivity contribution in [3.05, 3.63) is 40.0 Å². The molecule has 1 N–H and O–H groups in total. The number of thiophene rings is 1. The monoisotopic (exact) mass is 471 g/mol. The molecule has 0 radical (unpaired) electrons. The fourth-order valence-electron chi connectivity index (χ4n) is 4.08. The number of benzene rings is 1. The average molecular weight is 472 g/mol. The zero-order valence-electron chi connectivity index (χ0n) is 19.0. The molecule has 0 bridgehead atoms. The van der Waals surface area contributed by atoms with Crippen molar-refractivity contribution >= 4 is 39.2 Å². The topological polar surface area (TPSA) is 73.3 Å². The van der Waals surface area contributed by atoms with Gasteiger partial charge in [0.05, 0.1) is 20.0 Å². The second-order valence-corrected chi connectivity index (χ2v) is 10.2. The first-order chi connectivity index (χ1) is 15.5. The summed E-state index contributed by atoms with van der Waals surface area (Å²) in [5.41, 5.74) is 2.49. The van der Waals surface area contributed by atoms with E-state index >= 15 is 0 Å². The molecule has 1 atom stereocenters. The number of aromatic nitrogens is 2. The Bertz CT molecular complexity index is 1130. The highest BCUT2D eigenvalue weighted by atomic mass is 32.2. The molecule has 0 spiro atoms.